The molecule has 0 aliphatic heterocycles. The third-order valence-corrected chi connectivity index (χ3v) is 3.41. The van der Waals surface area contributed by atoms with E-state index >= 15 is 0 Å². The maximum Gasteiger partial charge on any atom is 0.333 e. The molecule has 2 aromatic rings. The summed E-state index contributed by atoms with van der Waals surface area (Å²) in [6.45, 7) is 9.46. The minimum Gasteiger partial charge on any atom is -0.493 e. The van der Waals surface area contributed by atoms with Crippen LogP contribution in [0.1, 0.15) is 27.2 Å². The van der Waals surface area contributed by atoms with Crippen molar-refractivity contribution in [1.29, 1.82) is 0 Å². The van der Waals surface area contributed by atoms with Gasteiger partial charge in [-0.1, -0.05) is 36.9 Å². The molecule has 0 aromatic heterocycles. The zero-order valence-corrected chi connectivity index (χ0v) is 13.4. The third-order valence-electron chi connectivity index (χ3n) is 3.41. The van der Waals surface area contributed by atoms with Crippen molar-refractivity contribution in [2.24, 2.45) is 0 Å². The average molecular weight is 298 g/mol. The van der Waals surface area contributed by atoms with Crippen molar-refractivity contribution in [1.82, 2.24) is 0 Å². The monoisotopic (exact) mass is 298 g/mol. The van der Waals surface area contributed by atoms with Gasteiger partial charge in [0.2, 0.25) is 0 Å². The van der Waals surface area contributed by atoms with E-state index in [0.29, 0.717) is 18.6 Å². The molecular weight excluding hydrogens is 276 g/mol. The van der Waals surface area contributed by atoms with Crippen LogP contribution in [-0.4, -0.2) is 18.2 Å². The topological polar surface area (TPSA) is 35.5 Å². The predicted octanol–water partition coefficient (Wildman–Crippen LogP) is 4.51. The highest BCUT2D eigenvalue weighted by molar-refractivity contribution is 5.87. The molecule has 0 bridgehead atoms. The van der Waals surface area contributed by atoms with E-state index in [0.717, 1.165) is 11.1 Å². The maximum atomic E-state index is 11.6. The van der Waals surface area contributed by atoms with Crippen molar-refractivity contribution >= 4 is 16.7 Å². The van der Waals surface area contributed by atoms with Crippen molar-refractivity contribution in [3.05, 3.63) is 54.6 Å². The highest BCUT2D eigenvalue weighted by atomic mass is 16.6. The number of hydrogen-bond donors (Lipinski definition) is 0. The summed E-state index contributed by atoms with van der Waals surface area (Å²) in [7, 11) is 0. The number of fused-ring (bicyclic) bond motifs is 1. The first kappa shape index (κ1) is 16.1. The van der Waals surface area contributed by atoms with E-state index in [4.69, 9.17) is 9.47 Å². The molecule has 3 nitrogen and oxygen atoms in total. The number of rotatable bonds is 6. The van der Waals surface area contributed by atoms with Crippen LogP contribution in [-0.2, 0) is 9.53 Å². The molecule has 116 valence electrons. The lowest BCUT2D eigenvalue weighted by atomic mass is 10.1. The SMILES string of the molecule is C=C(C)C(=O)OC(C)(C)CCOc1ccc2ccccc2c1. The molecule has 0 N–H and O–H groups in total. The minimum atomic E-state index is -0.577. The van der Waals surface area contributed by atoms with Crippen LogP contribution < -0.4 is 4.74 Å². The molecule has 2 rings (SSSR count). The van der Waals surface area contributed by atoms with Gasteiger partial charge in [-0.3, -0.25) is 0 Å². The Morgan fingerprint density at radius 3 is 2.50 bits per heavy atom. The fourth-order valence-electron chi connectivity index (χ4n) is 2.06. The number of carbonyl (C=O) groups is 1. The van der Waals surface area contributed by atoms with Crippen LogP contribution in [0, 0.1) is 0 Å². The van der Waals surface area contributed by atoms with Gasteiger partial charge in [-0.25, -0.2) is 4.79 Å². The Bertz CT molecular complexity index is 686. The van der Waals surface area contributed by atoms with Gasteiger partial charge in [-0.15, -0.1) is 0 Å². The zero-order chi connectivity index (χ0) is 16.2. The van der Waals surface area contributed by atoms with Crippen molar-refractivity contribution < 1.29 is 14.3 Å². The van der Waals surface area contributed by atoms with Gasteiger partial charge < -0.3 is 9.47 Å². The molecule has 2 aromatic carbocycles. The Labute approximate surface area is 131 Å². The first-order chi connectivity index (χ1) is 10.4. The summed E-state index contributed by atoms with van der Waals surface area (Å²) in [6, 6.07) is 14.2. The molecule has 0 unspecified atom stereocenters. The summed E-state index contributed by atoms with van der Waals surface area (Å²) in [5, 5.41) is 2.33. The van der Waals surface area contributed by atoms with Gasteiger partial charge in [0.1, 0.15) is 11.4 Å². The van der Waals surface area contributed by atoms with E-state index < -0.39 is 5.60 Å². The quantitative estimate of drug-likeness (QED) is 0.581. The lowest BCUT2D eigenvalue weighted by Gasteiger charge is -2.25. The fourth-order valence-corrected chi connectivity index (χ4v) is 2.06. The lowest BCUT2D eigenvalue weighted by molar-refractivity contribution is -0.152. The molecule has 0 aliphatic rings. The van der Waals surface area contributed by atoms with E-state index in [1.807, 2.05) is 44.2 Å². The second-order valence-electron chi connectivity index (χ2n) is 6.04. The van der Waals surface area contributed by atoms with Crippen LogP contribution in [0.2, 0.25) is 0 Å². The minimum absolute atomic E-state index is 0.365. The molecule has 0 heterocycles. The van der Waals surface area contributed by atoms with Crippen LogP contribution in [0.5, 0.6) is 5.75 Å². The Morgan fingerprint density at radius 1 is 1.14 bits per heavy atom. The van der Waals surface area contributed by atoms with Crippen LogP contribution in [0.15, 0.2) is 54.6 Å². The molecule has 0 atom stereocenters. The van der Waals surface area contributed by atoms with Crippen LogP contribution in [0.3, 0.4) is 0 Å². The third kappa shape index (κ3) is 4.35. The summed E-state index contributed by atoms with van der Waals surface area (Å²) >= 11 is 0. The number of carbonyl (C=O) groups excluding carboxylic acids is 1. The molecule has 0 fully saturated rings. The second-order valence-corrected chi connectivity index (χ2v) is 6.04. The molecular formula is C19H22O3. The van der Waals surface area contributed by atoms with Gasteiger partial charge in [0.15, 0.2) is 0 Å². The first-order valence-corrected chi connectivity index (χ1v) is 7.38. The summed E-state index contributed by atoms with van der Waals surface area (Å²) in [5.41, 5.74) is -0.170. The number of esters is 1. The standard InChI is InChI=1S/C19H22O3/c1-14(2)18(20)22-19(3,4)11-12-21-17-10-9-15-7-5-6-8-16(15)13-17/h5-10,13H,1,11-12H2,2-4H3. The van der Waals surface area contributed by atoms with Crippen LogP contribution in [0.25, 0.3) is 10.8 Å². The van der Waals surface area contributed by atoms with Gasteiger partial charge in [0.05, 0.1) is 6.61 Å². The Balaban J connectivity index is 1.91. The van der Waals surface area contributed by atoms with Crippen molar-refractivity contribution in [3.8, 4) is 5.75 Å². The second kappa shape index (κ2) is 6.65. The van der Waals surface area contributed by atoms with Gasteiger partial charge in [0.25, 0.3) is 0 Å². The molecule has 0 amide bonds. The summed E-state index contributed by atoms with van der Waals surface area (Å²) in [5.74, 6) is 0.455. The molecule has 0 spiro atoms. The zero-order valence-electron chi connectivity index (χ0n) is 13.4. The van der Waals surface area contributed by atoms with E-state index in [2.05, 4.69) is 18.7 Å². The smallest absolute Gasteiger partial charge is 0.333 e. The van der Waals surface area contributed by atoms with Crippen molar-refractivity contribution in [3.63, 3.8) is 0 Å². The summed E-state index contributed by atoms with van der Waals surface area (Å²) in [6.07, 6.45) is 0.610. The van der Waals surface area contributed by atoms with E-state index in [-0.39, 0.29) is 5.97 Å². The predicted molar refractivity (Wildman–Crippen MR) is 89.0 cm³/mol. The fraction of sp³-hybridized carbons (Fsp3) is 0.316. The van der Waals surface area contributed by atoms with Gasteiger partial charge >= 0.3 is 5.97 Å². The lowest BCUT2D eigenvalue weighted by Crippen LogP contribution is -2.30. The molecule has 0 saturated carbocycles. The van der Waals surface area contributed by atoms with Crippen LogP contribution >= 0.6 is 0 Å². The van der Waals surface area contributed by atoms with E-state index in [9.17, 15) is 4.79 Å². The Kier molecular flexibility index (Phi) is 4.86. The highest BCUT2D eigenvalue weighted by Crippen LogP contribution is 2.22. The maximum absolute atomic E-state index is 11.6. The van der Waals surface area contributed by atoms with Crippen LogP contribution in [0.4, 0.5) is 0 Å². The molecule has 0 saturated heterocycles. The number of ether oxygens (including phenoxy) is 2. The molecule has 3 heteroatoms. The number of benzene rings is 2. The average Bonchev–Trinajstić information content (AvgIpc) is 2.46. The molecule has 22 heavy (non-hydrogen) atoms. The normalized spacial score (nSPS) is 11.2. The van der Waals surface area contributed by atoms with Gasteiger partial charge in [-0.2, -0.15) is 0 Å². The highest BCUT2D eigenvalue weighted by Gasteiger charge is 2.23. The van der Waals surface area contributed by atoms with Crippen molar-refractivity contribution in [2.45, 2.75) is 32.8 Å². The van der Waals surface area contributed by atoms with E-state index in [1.165, 1.54) is 5.39 Å². The number of hydrogen-bond acceptors (Lipinski definition) is 3. The molecule has 0 radical (unpaired) electrons. The Hall–Kier alpha value is -2.29. The first-order valence-electron chi connectivity index (χ1n) is 7.38. The largest absolute Gasteiger partial charge is 0.493 e. The van der Waals surface area contributed by atoms with Gasteiger partial charge in [0, 0.05) is 12.0 Å². The van der Waals surface area contributed by atoms with Crippen molar-refractivity contribution in [2.75, 3.05) is 6.61 Å². The van der Waals surface area contributed by atoms with Gasteiger partial charge in [-0.05, 0) is 43.7 Å². The Morgan fingerprint density at radius 2 is 1.82 bits per heavy atom. The summed E-state index contributed by atoms with van der Waals surface area (Å²) < 4.78 is 11.2. The summed E-state index contributed by atoms with van der Waals surface area (Å²) in [4.78, 5) is 11.6. The van der Waals surface area contributed by atoms with E-state index in [1.54, 1.807) is 6.92 Å². The molecule has 0 aliphatic carbocycles.